The van der Waals surface area contributed by atoms with E-state index in [1.807, 2.05) is 6.92 Å². The van der Waals surface area contributed by atoms with Gasteiger partial charge in [0.2, 0.25) is 6.04 Å². The normalized spacial score (nSPS) is 35.8. The van der Waals surface area contributed by atoms with Crippen molar-refractivity contribution in [1.82, 2.24) is 0 Å². The molecule has 2 rings (SSSR count). The van der Waals surface area contributed by atoms with Crippen LogP contribution in [0.5, 0.6) is 0 Å². The summed E-state index contributed by atoms with van der Waals surface area (Å²) in [6.07, 6.45) is 5.30. The first-order chi connectivity index (χ1) is 10.5. The van der Waals surface area contributed by atoms with Crippen LogP contribution in [0, 0.1) is 6.57 Å². The SMILES string of the molecule is [C-]#[N+][C@H](C)C[C@H]1CC[C@@H]2O[C@@H](/C=C/C(=O)OC)C[C@]2(CO)O1. The third-order valence-electron chi connectivity index (χ3n) is 4.36. The van der Waals surface area contributed by atoms with E-state index >= 15 is 0 Å². The number of nitrogens with zero attached hydrogens (tertiary/aromatic N) is 1. The highest BCUT2D eigenvalue weighted by Crippen LogP contribution is 2.42. The van der Waals surface area contributed by atoms with E-state index in [9.17, 15) is 9.90 Å². The number of aliphatic hydroxyl groups excluding tert-OH is 1. The third kappa shape index (κ3) is 3.67. The van der Waals surface area contributed by atoms with Crippen molar-refractivity contribution >= 4 is 5.97 Å². The average molecular weight is 309 g/mol. The lowest BCUT2D eigenvalue weighted by Gasteiger charge is -2.40. The maximum atomic E-state index is 11.2. The zero-order valence-corrected chi connectivity index (χ0v) is 13.0. The summed E-state index contributed by atoms with van der Waals surface area (Å²) in [6, 6.07) is -0.0883. The van der Waals surface area contributed by atoms with Gasteiger partial charge in [-0.3, -0.25) is 0 Å². The van der Waals surface area contributed by atoms with E-state index in [0.717, 1.165) is 12.8 Å². The molecular weight excluding hydrogens is 286 g/mol. The van der Waals surface area contributed by atoms with E-state index in [0.29, 0.717) is 12.8 Å². The first-order valence-electron chi connectivity index (χ1n) is 7.60. The van der Waals surface area contributed by atoms with Crippen molar-refractivity contribution in [3.8, 4) is 0 Å². The molecule has 0 bridgehead atoms. The van der Waals surface area contributed by atoms with Crippen LogP contribution in [0.2, 0.25) is 0 Å². The molecule has 0 radical (unpaired) electrons. The largest absolute Gasteiger partial charge is 0.466 e. The van der Waals surface area contributed by atoms with Crippen LogP contribution >= 0.6 is 0 Å². The van der Waals surface area contributed by atoms with Crippen LogP contribution in [0.1, 0.15) is 32.6 Å². The molecule has 0 amide bonds. The number of carbonyl (C=O) groups is 1. The molecule has 0 aliphatic carbocycles. The lowest BCUT2D eigenvalue weighted by Crippen LogP contribution is -2.51. The number of fused-ring (bicyclic) bond motifs is 1. The Morgan fingerprint density at radius 3 is 3.00 bits per heavy atom. The quantitative estimate of drug-likeness (QED) is 0.473. The van der Waals surface area contributed by atoms with Gasteiger partial charge in [0.15, 0.2) is 0 Å². The summed E-state index contributed by atoms with van der Waals surface area (Å²) >= 11 is 0. The number of ether oxygens (including phenoxy) is 3. The number of hydrogen-bond donors (Lipinski definition) is 1. The van der Waals surface area contributed by atoms with Gasteiger partial charge in [-0.25, -0.2) is 11.4 Å². The summed E-state index contributed by atoms with van der Waals surface area (Å²) < 4.78 is 16.6. The zero-order chi connectivity index (χ0) is 16.2. The minimum atomic E-state index is -0.726. The van der Waals surface area contributed by atoms with E-state index in [-0.39, 0.29) is 31.0 Å². The maximum Gasteiger partial charge on any atom is 0.330 e. The van der Waals surface area contributed by atoms with Gasteiger partial charge in [-0.15, -0.1) is 0 Å². The molecule has 22 heavy (non-hydrogen) atoms. The molecular formula is C16H23NO5. The molecule has 5 atom stereocenters. The van der Waals surface area contributed by atoms with Gasteiger partial charge in [0.1, 0.15) is 5.60 Å². The van der Waals surface area contributed by atoms with Crippen LogP contribution in [0.15, 0.2) is 12.2 Å². The Morgan fingerprint density at radius 2 is 2.36 bits per heavy atom. The molecule has 0 saturated carbocycles. The van der Waals surface area contributed by atoms with E-state index in [2.05, 4.69) is 9.58 Å². The van der Waals surface area contributed by atoms with Crippen molar-refractivity contribution < 1.29 is 24.1 Å². The smallest absolute Gasteiger partial charge is 0.330 e. The van der Waals surface area contributed by atoms with Crippen molar-refractivity contribution in [3.63, 3.8) is 0 Å². The van der Waals surface area contributed by atoms with Crippen LogP contribution in [0.25, 0.3) is 4.85 Å². The predicted molar refractivity (Wildman–Crippen MR) is 79.0 cm³/mol. The van der Waals surface area contributed by atoms with Gasteiger partial charge in [0.25, 0.3) is 0 Å². The molecule has 0 spiro atoms. The standard InChI is InChI=1S/C16H23NO5/c1-11(17-2)8-12-4-6-14-16(10-18,22-12)9-13(21-14)5-7-15(19)20-3/h5,7,11-14,18H,4,6,8-10H2,1,3H3/b7-5+/t11-,12-,13+,14+,16-/m1/s1. The topological polar surface area (TPSA) is 69.4 Å². The maximum absolute atomic E-state index is 11.2. The molecule has 0 aromatic rings. The fraction of sp³-hybridized carbons (Fsp3) is 0.750. The van der Waals surface area contributed by atoms with Crippen molar-refractivity contribution in [3.05, 3.63) is 23.6 Å². The van der Waals surface area contributed by atoms with Crippen LogP contribution in [0.3, 0.4) is 0 Å². The number of carbonyl (C=O) groups excluding carboxylic acids is 1. The molecule has 2 saturated heterocycles. The number of esters is 1. The second-order valence-electron chi connectivity index (χ2n) is 6.00. The Hall–Kier alpha value is -1.42. The van der Waals surface area contributed by atoms with Crippen molar-refractivity contribution in [2.45, 2.75) is 62.6 Å². The van der Waals surface area contributed by atoms with Crippen molar-refractivity contribution in [2.24, 2.45) is 0 Å². The molecule has 6 nitrogen and oxygen atoms in total. The van der Waals surface area contributed by atoms with Crippen LogP contribution in [-0.4, -0.2) is 54.7 Å². The summed E-state index contributed by atoms with van der Waals surface area (Å²) in [4.78, 5) is 14.7. The summed E-state index contributed by atoms with van der Waals surface area (Å²) in [5.41, 5.74) is -0.726. The van der Waals surface area contributed by atoms with Gasteiger partial charge < -0.3 is 24.2 Å². The Kier molecular flexibility index (Phi) is 5.57. The Labute approximate surface area is 130 Å². The predicted octanol–water partition coefficient (Wildman–Crippen LogP) is 1.48. The van der Waals surface area contributed by atoms with E-state index in [1.165, 1.54) is 13.2 Å². The lowest BCUT2D eigenvalue weighted by molar-refractivity contribution is -0.183. The number of rotatable bonds is 5. The molecule has 6 heteroatoms. The first kappa shape index (κ1) is 16.9. The van der Waals surface area contributed by atoms with E-state index in [1.54, 1.807) is 6.08 Å². The highest BCUT2D eigenvalue weighted by Gasteiger charge is 2.52. The van der Waals surface area contributed by atoms with Crippen molar-refractivity contribution in [1.29, 1.82) is 0 Å². The summed E-state index contributed by atoms with van der Waals surface area (Å²) in [5, 5.41) is 9.82. The Morgan fingerprint density at radius 1 is 1.59 bits per heavy atom. The molecule has 1 N–H and O–H groups in total. The third-order valence-corrected chi connectivity index (χ3v) is 4.36. The van der Waals surface area contributed by atoms with E-state index in [4.69, 9.17) is 16.0 Å². The molecule has 2 fully saturated rings. The van der Waals surface area contributed by atoms with Gasteiger partial charge >= 0.3 is 5.97 Å². The fourth-order valence-corrected chi connectivity index (χ4v) is 3.21. The first-order valence-corrected chi connectivity index (χ1v) is 7.60. The molecule has 2 heterocycles. The van der Waals surface area contributed by atoms with Gasteiger partial charge in [-0.1, -0.05) is 0 Å². The average Bonchev–Trinajstić information content (AvgIpc) is 2.90. The number of hydrogen-bond acceptors (Lipinski definition) is 5. The van der Waals surface area contributed by atoms with Gasteiger partial charge in [0, 0.05) is 25.8 Å². The van der Waals surface area contributed by atoms with E-state index < -0.39 is 11.6 Å². The van der Waals surface area contributed by atoms with Crippen LogP contribution in [0.4, 0.5) is 0 Å². The second kappa shape index (κ2) is 7.23. The summed E-state index contributed by atoms with van der Waals surface area (Å²) in [5.74, 6) is -0.429. The minimum absolute atomic E-state index is 0.0283. The number of aliphatic hydroxyl groups is 1. The monoisotopic (exact) mass is 309 g/mol. The van der Waals surface area contributed by atoms with Crippen molar-refractivity contribution in [2.75, 3.05) is 13.7 Å². The zero-order valence-electron chi connectivity index (χ0n) is 13.0. The van der Waals surface area contributed by atoms with Crippen LogP contribution < -0.4 is 0 Å². The highest BCUT2D eigenvalue weighted by atomic mass is 16.6. The summed E-state index contributed by atoms with van der Waals surface area (Å²) in [7, 11) is 1.32. The molecule has 122 valence electrons. The fourth-order valence-electron chi connectivity index (χ4n) is 3.21. The lowest BCUT2D eigenvalue weighted by atomic mass is 9.86. The second-order valence-corrected chi connectivity index (χ2v) is 6.00. The molecule has 2 aliphatic heterocycles. The minimum Gasteiger partial charge on any atom is -0.466 e. The Bertz CT molecular complexity index is 472. The van der Waals surface area contributed by atoms with Gasteiger partial charge in [0.05, 0.1) is 32.0 Å². The molecule has 2 aliphatic rings. The Balaban J connectivity index is 2.01. The molecule has 0 unspecified atom stereocenters. The summed E-state index contributed by atoms with van der Waals surface area (Å²) in [6.45, 7) is 8.81. The van der Waals surface area contributed by atoms with Gasteiger partial charge in [-0.2, -0.15) is 0 Å². The molecule has 0 aromatic heterocycles. The highest BCUT2D eigenvalue weighted by molar-refractivity contribution is 5.81. The number of methoxy groups -OCH3 is 1. The molecule has 0 aromatic carbocycles. The van der Waals surface area contributed by atoms with Gasteiger partial charge in [-0.05, 0) is 18.9 Å². The van der Waals surface area contributed by atoms with Crippen LogP contribution in [-0.2, 0) is 19.0 Å².